The maximum atomic E-state index is 12.1. The van der Waals surface area contributed by atoms with Gasteiger partial charge in [-0.3, -0.25) is 9.78 Å². The predicted molar refractivity (Wildman–Crippen MR) is 122 cm³/mol. The second-order valence-corrected chi connectivity index (χ2v) is 7.34. The highest BCUT2D eigenvalue weighted by molar-refractivity contribution is 5.97. The number of H-pyrrole nitrogens is 1. The lowest BCUT2D eigenvalue weighted by molar-refractivity contribution is 0.0946. The third kappa shape index (κ3) is 4.12. The van der Waals surface area contributed by atoms with Crippen LogP contribution in [0.1, 0.15) is 27.3 Å². The average molecular weight is 407 g/mol. The first kappa shape index (κ1) is 18.9. The third-order valence-corrected chi connectivity index (χ3v) is 5.22. The van der Waals surface area contributed by atoms with Crippen molar-refractivity contribution in [1.82, 2.24) is 15.3 Å². The van der Waals surface area contributed by atoms with Crippen molar-refractivity contribution in [3.05, 3.63) is 102 Å². The smallest absolute Gasteiger partial charge is 0.253 e. The summed E-state index contributed by atoms with van der Waals surface area (Å²) >= 11 is 0. The topological polar surface area (TPSA) is 67.0 Å². The van der Waals surface area contributed by atoms with Crippen LogP contribution in [0.25, 0.3) is 23.4 Å². The van der Waals surface area contributed by atoms with Gasteiger partial charge < -0.3 is 15.0 Å². The summed E-state index contributed by atoms with van der Waals surface area (Å²) in [5.74, 6) is 1.56. The predicted octanol–water partition coefficient (Wildman–Crippen LogP) is 5.33. The fourth-order valence-corrected chi connectivity index (χ4v) is 3.66. The number of nitrogens with zero attached hydrogens (tertiary/aromatic N) is 1. The Morgan fingerprint density at radius 3 is 2.65 bits per heavy atom. The van der Waals surface area contributed by atoms with Crippen molar-refractivity contribution < 1.29 is 9.53 Å². The minimum Gasteiger partial charge on any atom is -0.457 e. The Morgan fingerprint density at radius 2 is 1.77 bits per heavy atom. The molecule has 0 aliphatic carbocycles. The van der Waals surface area contributed by atoms with Crippen LogP contribution in [0.15, 0.2) is 79.0 Å². The molecule has 152 valence electrons. The number of aromatic nitrogens is 2. The molecule has 0 saturated carbocycles. The minimum absolute atomic E-state index is 0.0204. The highest BCUT2D eigenvalue weighted by Gasteiger charge is 2.19. The first-order chi connectivity index (χ1) is 15.3. The molecule has 1 aliphatic heterocycles. The molecule has 0 fully saturated rings. The van der Waals surface area contributed by atoms with E-state index in [2.05, 4.69) is 15.3 Å². The van der Waals surface area contributed by atoms with Crippen molar-refractivity contribution >= 4 is 18.1 Å². The first-order valence-corrected chi connectivity index (χ1v) is 10.2. The fourth-order valence-electron chi connectivity index (χ4n) is 3.66. The number of para-hydroxylation sites is 2. The molecule has 31 heavy (non-hydrogen) atoms. The van der Waals surface area contributed by atoms with Crippen molar-refractivity contribution in [1.29, 1.82) is 0 Å². The van der Waals surface area contributed by atoms with Crippen molar-refractivity contribution in [2.24, 2.45) is 0 Å². The Hall–Kier alpha value is -4.12. The SMILES string of the molecule is O=C1NCCc2[nH]c(-c3ccnc(/C=C/c4ccccc4Oc4ccccc4)c3)cc21. The van der Waals surface area contributed by atoms with Crippen molar-refractivity contribution in [2.45, 2.75) is 6.42 Å². The summed E-state index contributed by atoms with van der Waals surface area (Å²) in [5, 5.41) is 2.88. The van der Waals surface area contributed by atoms with E-state index in [0.29, 0.717) is 6.54 Å². The van der Waals surface area contributed by atoms with Gasteiger partial charge in [-0.15, -0.1) is 0 Å². The summed E-state index contributed by atoms with van der Waals surface area (Å²) in [4.78, 5) is 19.9. The Kier molecular flexibility index (Phi) is 5.07. The van der Waals surface area contributed by atoms with E-state index >= 15 is 0 Å². The standard InChI is InChI=1S/C26H21N3O2/c30-26-22-17-24(29-23(22)13-15-28-26)19-12-14-27-20(16-19)11-10-18-6-4-5-9-25(18)31-21-7-2-1-3-8-21/h1-12,14,16-17,29H,13,15H2,(H,28,30)/b11-10+. The Labute approximate surface area is 180 Å². The number of amides is 1. The van der Waals surface area contributed by atoms with Gasteiger partial charge in [0.2, 0.25) is 0 Å². The zero-order valence-electron chi connectivity index (χ0n) is 16.8. The highest BCUT2D eigenvalue weighted by atomic mass is 16.5. The number of carbonyl (C=O) groups is 1. The maximum Gasteiger partial charge on any atom is 0.253 e. The number of pyridine rings is 1. The second kappa shape index (κ2) is 8.32. The number of hydrogen-bond acceptors (Lipinski definition) is 3. The molecule has 1 aliphatic rings. The number of hydrogen-bond donors (Lipinski definition) is 2. The lowest BCUT2D eigenvalue weighted by Gasteiger charge is -2.10. The van der Waals surface area contributed by atoms with Crippen LogP contribution < -0.4 is 10.1 Å². The molecule has 0 saturated heterocycles. The summed E-state index contributed by atoms with van der Waals surface area (Å²) in [7, 11) is 0. The zero-order valence-corrected chi connectivity index (χ0v) is 16.8. The van der Waals surface area contributed by atoms with Crippen LogP contribution in [0.3, 0.4) is 0 Å². The lowest BCUT2D eigenvalue weighted by Crippen LogP contribution is -2.31. The van der Waals surface area contributed by atoms with E-state index in [1.807, 2.05) is 84.9 Å². The zero-order chi connectivity index (χ0) is 21.0. The number of nitrogens with one attached hydrogen (secondary N) is 2. The van der Waals surface area contributed by atoms with Crippen LogP contribution >= 0.6 is 0 Å². The van der Waals surface area contributed by atoms with Crippen LogP contribution in [0.4, 0.5) is 0 Å². The molecular weight excluding hydrogens is 386 g/mol. The van der Waals surface area contributed by atoms with Crippen LogP contribution in [0.2, 0.25) is 0 Å². The Balaban J connectivity index is 1.40. The van der Waals surface area contributed by atoms with Crippen molar-refractivity contribution in [3.63, 3.8) is 0 Å². The normalized spacial score (nSPS) is 13.1. The van der Waals surface area contributed by atoms with Crippen LogP contribution in [0.5, 0.6) is 11.5 Å². The van der Waals surface area contributed by atoms with E-state index in [4.69, 9.17) is 4.74 Å². The molecule has 3 heterocycles. The summed E-state index contributed by atoms with van der Waals surface area (Å²) in [6.45, 7) is 0.667. The van der Waals surface area contributed by atoms with Gasteiger partial charge in [0.1, 0.15) is 11.5 Å². The van der Waals surface area contributed by atoms with Crippen LogP contribution in [-0.2, 0) is 6.42 Å². The van der Waals surface area contributed by atoms with Gasteiger partial charge in [-0.1, -0.05) is 36.4 Å². The number of ether oxygens (including phenoxy) is 1. The van der Waals surface area contributed by atoms with Crippen molar-refractivity contribution in [2.75, 3.05) is 6.54 Å². The number of aromatic amines is 1. The molecule has 0 spiro atoms. The monoisotopic (exact) mass is 407 g/mol. The molecule has 0 unspecified atom stereocenters. The van der Waals surface area contributed by atoms with Crippen molar-refractivity contribution in [3.8, 4) is 22.8 Å². The van der Waals surface area contributed by atoms with Crippen LogP contribution in [0, 0.1) is 0 Å². The van der Waals surface area contributed by atoms with Crippen LogP contribution in [-0.4, -0.2) is 22.4 Å². The summed E-state index contributed by atoms with van der Waals surface area (Å²) in [5.41, 5.74) is 5.41. The van der Waals surface area contributed by atoms with E-state index in [0.717, 1.165) is 51.7 Å². The molecule has 2 N–H and O–H groups in total. The summed E-state index contributed by atoms with van der Waals surface area (Å²) < 4.78 is 6.03. The molecule has 0 bridgehead atoms. The van der Waals surface area contributed by atoms with E-state index in [1.54, 1.807) is 6.20 Å². The quantitative estimate of drug-likeness (QED) is 0.470. The van der Waals surface area contributed by atoms with Gasteiger partial charge in [0.15, 0.2) is 0 Å². The first-order valence-electron chi connectivity index (χ1n) is 10.2. The molecule has 2 aromatic carbocycles. The number of carbonyl (C=O) groups excluding carboxylic acids is 1. The third-order valence-electron chi connectivity index (χ3n) is 5.22. The van der Waals surface area contributed by atoms with E-state index in [1.165, 1.54) is 0 Å². The van der Waals surface area contributed by atoms with E-state index < -0.39 is 0 Å². The summed E-state index contributed by atoms with van der Waals surface area (Å²) in [6.07, 6.45) is 6.56. The number of benzene rings is 2. The maximum absolute atomic E-state index is 12.1. The largest absolute Gasteiger partial charge is 0.457 e. The van der Waals surface area contributed by atoms with E-state index in [9.17, 15) is 4.79 Å². The van der Waals surface area contributed by atoms with Gasteiger partial charge in [-0.25, -0.2) is 0 Å². The fraction of sp³-hybridized carbons (Fsp3) is 0.0769. The molecule has 5 nitrogen and oxygen atoms in total. The number of rotatable bonds is 5. The molecule has 5 rings (SSSR count). The molecule has 5 heteroatoms. The van der Waals surface area contributed by atoms with Gasteiger partial charge >= 0.3 is 0 Å². The Bertz CT molecular complexity index is 1260. The van der Waals surface area contributed by atoms with Gasteiger partial charge in [-0.2, -0.15) is 0 Å². The summed E-state index contributed by atoms with van der Waals surface area (Å²) in [6, 6.07) is 23.5. The molecule has 0 radical (unpaired) electrons. The highest BCUT2D eigenvalue weighted by Crippen LogP contribution is 2.27. The molecule has 2 aromatic heterocycles. The second-order valence-electron chi connectivity index (χ2n) is 7.34. The van der Waals surface area contributed by atoms with Gasteiger partial charge in [0, 0.05) is 41.7 Å². The Morgan fingerprint density at radius 1 is 0.935 bits per heavy atom. The van der Waals surface area contributed by atoms with Gasteiger partial charge in [0.05, 0.1) is 11.3 Å². The minimum atomic E-state index is -0.0204. The molecule has 1 amide bonds. The number of fused-ring (bicyclic) bond motifs is 1. The molecule has 0 atom stereocenters. The van der Waals surface area contributed by atoms with E-state index in [-0.39, 0.29) is 5.91 Å². The lowest BCUT2D eigenvalue weighted by atomic mass is 10.1. The van der Waals surface area contributed by atoms with Gasteiger partial charge in [0.25, 0.3) is 5.91 Å². The molecule has 4 aromatic rings. The van der Waals surface area contributed by atoms with Gasteiger partial charge in [-0.05, 0) is 48.6 Å². The average Bonchev–Trinajstić information content (AvgIpc) is 3.25. The molecular formula is C26H21N3O2.